The van der Waals surface area contributed by atoms with Crippen LogP contribution in [-0.2, 0) is 0 Å². The molecule has 0 aliphatic carbocycles. The van der Waals surface area contributed by atoms with Crippen LogP contribution in [0.5, 0.6) is 0 Å². The molecule has 0 fully saturated rings. The molecule has 11 heavy (non-hydrogen) atoms. The fraction of sp³-hybridized carbons (Fsp3) is 0.250. The van der Waals surface area contributed by atoms with Gasteiger partial charge >= 0.3 is 6.17 Å². The Labute approximate surface area is 70.5 Å². The van der Waals surface area contributed by atoms with E-state index in [1.807, 2.05) is 0 Å². The molecule has 6 nitrogen and oxygen atoms in total. The number of nitrogens with zero attached hydrogens (tertiary/aromatic N) is 3. The average Bonchev–Trinajstić information content (AvgIpc) is 1.85. The van der Waals surface area contributed by atoms with E-state index in [0.717, 1.165) is 16.5 Å². The first-order valence-electron chi connectivity index (χ1n) is 2.67. The highest BCUT2D eigenvalue weighted by Gasteiger charge is 2.30. The van der Waals surface area contributed by atoms with Gasteiger partial charge in [-0.15, -0.1) is 3.93 Å². The average molecular weight is 222 g/mol. The Morgan fingerprint density at radius 1 is 1.73 bits per heavy atom. The number of hydrogen-bond acceptors (Lipinski definition) is 4. The lowest BCUT2D eigenvalue weighted by Crippen LogP contribution is -2.35. The summed E-state index contributed by atoms with van der Waals surface area (Å²) in [5, 5.41) is 20.7. The molecule has 0 aromatic heterocycles. The van der Waals surface area contributed by atoms with E-state index in [1.54, 1.807) is 0 Å². The number of halogens is 1. The van der Waals surface area contributed by atoms with Crippen LogP contribution in [-0.4, -0.2) is 26.1 Å². The van der Waals surface area contributed by atoms with Crippen LogP contribution in [0.2, 0.25) is 0 Å². The van der Waals surface area contributed by atoms with Crippen molar-refractivity contribution < 1.29 is 9.66 Å². The maximum absolute atomic E-state index is 10.5. The summed E-state index contributed by atoms with van der Waals surface area (Å²) in [6, 6.07) is 0. The van der Waals surface area contributed by atoms with Crippen LogP contribution in [0.4, 0.5) is 0 Å². The molecule has 0 saturated carbocycles. The number of hydroxylamine groups is 1. The molecule has 0 aromatic carbocycles. The highest BCUT2D eigenvalue weighted by molar-refractivity contribution is 9.07. The standard InChI is InChI=1S/C4H4BrN3O3/c5-7-3-6(9)2-1-4(7)8(10)11/h1-4H. The van der Waals surface area contributed by atoms with E-state index in [-0.39, 0.29) is 0 Å². The molecule has 0 saturated heterocycles. The minimum atomic E-state index is -1.000. The third-order valence-corrected chi connectivity index (χ3v) is 1.70. The van der Waals surface area contributed by atoms with E-state index < -0.39 is 11.1 Å². The lowest BCUT2D eigenvalue weighted by molar-refractivity contribution is -0.530. The number of nitro groups is 1. The van der Waals surface area contributed by atoms with E-state index in [1.165, 1.54) is 6.08 Å². The summed E-state index contributed by atoms with van der Waals surface area (Å²) >= 11 is 2.84. The summed E-state index contributed by atoms with van der Waals surface area (Å²) < 4.78 is 1.51. The first kappa shape index (κ1) is 7.99. The van der Waals surface area contributed by atoms with Crippen molar-refractivity contribution in [1.82, 2.24) is 3.93 Å². The zero-order valence-electron chi connectivity index (χ0n) is 5.25. The Balaban J connectivity index is 2.77. The molecule has 1 aliphatic rings. The molecule has 1 atom stereocenters. The highest BCUT2D eigenvalue weighted by atomic mass is 79.9. The van der Waals surface area contributed by atoms with Crippen molar-refractivity contribution in [2.75, 3.05) is 0 Å². The summed E-state index contributed by atoms with van der Waals surface area (Å²) in [5.74, 6) is 0. The van der Waals surface area contributed by atoms with Gasteiger partial charge in [-0.05, 0) is 0 Å². The van der Waals surface area contributed by atoms with Gasteiger partial charge in [-0.1, -0.05) is 0 Å². The molecule has 1 unspecified atom stereocenters. The van der Waals surface area contributed by atoms with E-state index in [4.69, 9.17) is 0 Å². The van der Waals surface area contributed by atoms with Crippen molar-refractivity contribution in [1.29, 1.82) is 0 Å². The maximum atomic E-state index is 10.5. The Kier molecular flexibility index (Phi) is 2.08. The van der Waals surface area contributed by atoms with Gasteiger partial charge in [-0.2, -0.15) is 0 Å². The molecule has 1 aliphatic heterocycles. The molecule has 0 aromatic rings. The molecule has 1 rings (SSSR count). The van der Waals surface area contributed by atoms with Gasteiger partial charge in [0.15, 0.2) is 16.1 Å². The minimum Gasteiger partial charge on any atom is -0.711 e. The summed E-state index contributed by atoms with van der Waals surface area (Å²) in [6.07, 6.45) is 2.31. The smallest absolute Gasteiger partial charge is 0.379 e. The Hall–Kier alpha value is -1.11. The summed E-state index contributed by atoms with van der Waals surface area (Å²) in [7, 11) is 0. The zero-order chi connectivity index (χ0) is 8.43. The second-order valence-electron chi connectivity index (χ2n) is 1.86. The van der Waals surface area contributed by atoms with Crippen molar-refractivity contribution in [2.24, 2.45) is 0 Å². The lowest BCUT2D eigenvalue weighted by atomic mass is 10.4. The second-order valence-corrected chi connectivity index (χ2v) is 2.68. The number of hydrogen-bond donors (Lipinski definition) is 0. The molecule has 1 heterocycles. The first-order chi connectivity index (χ1) is 5.11. The predicted octanol–water partition coefficient (Wildman–Crippen LogP) is 0.267. The molecule has 0 bridgehead atoms. The quantitative estimate of drug-likeness (QED) is 0.210. The molecule has 60 valence electrons. The van der Waals surface area contributed by atoms with Crippen molar-refractivity contribution in [2.45, 2.75) is 6.17 Å². The molecule has 7 heteroatoms. The molecular formula is C4H4BrN3O3. The minimum absolute atomic E-state index is 0.467. The van der Waals surface area contributed by atoms with Crippen LogP contribution < -0.4 is 0 Å². The molecule has 0 N–H and O–H groups in total. The van der Waals surface area contributed by atoms with E-state index >= 15 is 0 Å². The largest absolute Gasteiger partial charge is 0.711 e. The zero-order valence-corrected chi connectivity index (χ0v) is 6.84. The van der Waals surface area contributed by atoms with Crippen LogP contribution in [0, 0.1) is 15.3 Å². The summed E-state index contributed by atoms with van der Waals surface area (Å²) in [5.41, 5.74) is 0. The van der Waals surface area contributed by atoms with E-state index in [0.29, 0.717) is 4.74 Å². The fourth-order valence-corrected chi connectivity index (χ4v) is 1.09. The summed E-state index contributed by atoms with van der Waals surface area (Å²) in [4.78, 5) is 9.69. The lowest BCUT2D eigenvalue weighted by Gasteiger charge is -2.13. The topological polar surface area (TPSA) is 72.4 Å². The van der Waals surface area contributed by atoms with Crippen molar-refractivity contribution in [3.8, 4) is 0 Å². The third kappa shape index (κ3) is 1.67. The Morgan fingerprint density at radius 3 is 2.82 bits per heavy atom. The summed E-state index contributed by atoms with van der Waals surface area (Å²) in [6.45, 7) is 0. The monoisotopic (exact) mass is 221 g/mol. The van der Waals surface area contributed by atoms with Gasteiger partial charge in [0.2, 0.25) is 0 Å². The van der Waals surface area contributed by atoms with Crippen LogP contribution >= 0.6 is 16.1 Å². The van der Waals surface area contributed by atoms with Crippen LogP contribution in [0.25, 0.3) is 0 Å². The van der Waals surface area contributed by atoms with Crippen molar-refractivity contribution in [3.05, 3.63) is 27.6 Å². The van der Waals surface area contributed by atoms with Gasteiger partial charge < -0.3 is 5.21 Å². The normalized spacial score (nSPS) is 23.2. The van der Waals surface area contributed by atoms with Crippen LogP contribution in [0.15, 0.2) is 12.3 Å². The maximum Gasteiger partial charge on any atom is 0.379 e. The Morgan fingerprint density at radius 2 is 2.36 bits per heavy atom. The number of rotatable bonds is 1. The van der Waals surface area contributed by atoms with Crippen LogP contribution in [0.1, 0.15) is 0 Å². The van der Waals surface area contributed by atoms with Gasteiger partial charge in [-0.25, -0.2) is 4.74 Å². The fourth-order valence-electron chi connectivity index (χ4n) is 0.620. The van der Waals surface area contributed by atoms with Gasteiger partial charge in [0, 0.05) is 0 Å². The first-order valence-corrected chi connectivity index (χ1v) is 3.38. The Bertz CT molecular complexity index is 239. The van der Waals surface area contributed by atoms with E-state index in [2.05, 4.69) is 16.1 Å². The van der Waals surface area contributed by atoms with Crippen molar-refractivity contribution in [3.63, 3.8) is 0 Å². The SMILES string of the molecule is O=[N+]([O-])C1C=C[N+]([O-])=CN1Br. The van der Waals surface area contributed by atoms with Gasteiger partial charge in [0.25, 0.3) is 6.34 Å². The molecule has 0 amide bonds. The second kappa shape index (κ2) is 2.87. The third-order valence-electron chi connectivity index (χ3n) is 1.10. The van der Waals surface area contributed by atoms with Gasteiger partial charge in [-0.3, -0.25) is 10.1 Å². The predicted molar refractivity (Wildman–Crippen MR) is 40.4 cm³/mol. The highest BCUT2D eigenvalue weighted by Crippen LogP contribution is 2.08. The van der Waals surface area contributed by atoms with Gasteiger partial charge in [0.05, 0.1) is 11.0 Å². The van der Waals surface area contributed by atoms with Crippen LogP contribution in [0.3, 0.4) is 0 Å². The van der Waals surface area contributed by atoms with E-state index in [9.17, 15) is 15.3 Å². The van der Waals surface area contributed by atoms with Gasteiger partial charge in [0.1, 0.15) is 6.20 Å². The molecule has 0 spiro atoms. The molecule has 0 radical (unpaired) electrons. The van der Waals surface area contributed by atoms with Crippen molar-refractivity contribution >= 4 is 22.5 Å². The molecular weight excluding hydrogens is 218 g/mol.